The number of rotatable bonds is 2. The first-order valence-corrected chi connectivity index (χ1v) is 5.38. The van der Waals surface area contributed by atoms with E-state index in [9.17, 15) is 18.0 Å². The van der Waals surface area contributed by atoms with Crippen LogP contribution in [0, 0.1) is 0 Å². The molecular weight excluding hydrogens is 263 g/mol. The van der Waals surface area contributed by atoms with Crippen molar-refractivity contribution in [1.29, 1.82) is 0 Å². The van der Waals surface area contributed by atoms with Gasteiger partial charge in [-0.2, -0.15) is 0 Å². The largest absolute Gasteiger partial charge is 0.573 e. The Balaban J connectivity index is 2.14. The molecule has 0 spiro atoms. The van der Waals surface area contributed by atoms with Gasteiger partial charge in [0.25, 0.3) is 0 Å². The van der Waals surface area contributed by atoms with E-state index in [1.54, 1.807) is 12.1 Å². The normalized spacial score (nSPS) is 15.3. The van der Waals surface area contributed by atoms with Crippen LogP contribution in [0.15, 0.2) is 30.3 Å². The van der Waals surface area contributed by atoms with Gasteiger partial charge in [0.2, 0.25) is 0 Å². The molecule has 1 aromatic carbocycles. The Morgan fingerprint density at radius 2 is 2.11 bits per heavy atom. The minimum Gasteiger partial charge on any atom is -0.465 e. The summed E-state index contributed by atoms with van der Waals surface area (Å²) in [6.45, 7) is 0.389. The molecule has 19 heavy (non-hydrogen) atoms. The predicted molar refractivity (Wildman–Crippen MR) is 60.7 cm³/mol. The molecule has 0 fully saturated rings. The summed E-state index contributed by atoms with van der Waals surface area (Å²) in [5.74, 6) is -0.320. The van der Waals surface area contributed by atoms with Gasteiger partial charge in [0.1, 0.15) is 5.75 Å². The summed E-state index contributed by atoms with van der Waals surface area (Å²) in [7, 11) is 0. The second kappa shape index (κ2) is 4.83. The van der Waals surface area contributed by atoms with Crippen molar-refractivity contribution in [1.82, 2.24) is 4.90 Å². The van der Waals surface area contributed by atoms with Crippen LogP contribution >= 0.6 is 0 Å². The van der Waals surface area contributed by atoms with Crippen LogP contribution in [0.25, 0.3) is 5.57 Å². The second-order valence-corrected chi connectivity index (χ2v) is 3.97. The Bertz CT molecular complexity index is 525. The molecule has 4 nitrogen and oxygen atoms in total. The second-order valence-electron chi connectivity index (χ2n) is 3.97. The third-order valence-electron chi connectivity index (χ3n) is 2.63. The zero-order valence-corrected chi connectivity index (χ0v) is 9.65. The van der Waals surface area contributed by atoms with Gasteiger partial charge in [-0.05, 0) is 23.3 Å². The number of alkyl halides is 3. The van der Waals surface area contributed by atoms with Crippen LogP contribution in [0.1, 0.15) is 5.56 Å². The van der Waals surface area contributed by atoms with E-state index in [1.807, 2.05) is 0 Å². The van der Waals surface area contributed by atoms with Gasteiger partial charge < -0.3 is 14.7 Å². The summed E-state index contributed by atoms with van der Waals surface area (Å²) in [4.78, 5) is 11.9. The van der Waals surface area contributed by atoms with Gasteiger partial charge in [-0.25, -0.2) is 4.79 Å². The third-order valence-corrected chi connectivity index (χ3v) is 2.63. The maximum absolute atomic E-state index is 12.1. The summed E-state index contributed by atoms with van der Waals surface area (Å²) in [5, 5.41) is 8.80. The van der Waals surface area contributed by atoms with E-state index in [-0.39, 0.29) is 18.8 Å². The number of carboxylic acid groups (broad SMARTS) is 1. The van der Waals surface area contributed by atoms with Crippen molar-refractivity contribution in [3.05, 3.63) is 35.9 Å². The van der Waals surface area contributed by atoms with Crippen molar-refractivity contribution in [3.8, 4) is 5.75 Å². The molecule has 1 aliphatic rings. The molecule has 1 heterocycles. The minimum atomic E-state index is -4.74. The molecule has 0 saturated heterocycles. The maximum atomic E-state index is 12.1. The summed E-state index contributed by atoms with van der Waals surface area (Å²) < 4.78 is 40.1. The molecule has 0 aliphatic carbocycles. The molecule has 102 valence electrons. The molecule has 0 radical (unpaired) electrons. The first kappa shape index (κ1) is 13.3. The molecule has 0 bridgehead atoms. The molecule has 0 saturated carbocycles. The van der Waals surface area contributed by atoms with Crippen LogP contribution < -0.4 is 4.74 Å². The fourth-order valence-corrected chi connectivity index (χ4v) is 1.80. The zero-order valence-electron chi connectivity index (χ0n) is 9.65. The van der Waals surface area contributed by atoms with E-state index >= 15 is 0 Å². The van der Waals surface area contributed by atoms with Gasteiger partial charge >= 0.3 is 12.5 Å². The summed E-state index contributed by atoms with van der Waals surface area (Å²) in [5.41, 5.74) is 1.18. The third kappa shape index (κ3) is 3.40. The molecule has 1 aromatic rings. The van der Waals surface area contributed by atoms with Gasteiger partial charge in [-0.3, -0.25) is 0 Å². The SMILES string of the molecule is O=C(O)N1CC=C(c2cccc(OC(F)(F)F)c2)C1. The van der Waals surface area contributed by atoms with Gasteiger partial charge in [0, 0.05) is 13.1 Å². The summed E-state index contributed by atoms with van der Waals surface area (Å²) in [6, 6.07) is 5.48. The van der Waals surface area contributed by atoms with Crippen LogP contribution in [0.2, 0.25) is 0 Å². The molecule has 1 amide bonds. The number of carbonyl (C=O) groups is 1. The van der Waals surface area contributed by atoms with Crippen LogP contribution in [0.3, 0.4) is 0 Å². The summed E-state index contributed by atoms with van der Waals surface area (Å²) >= 11 is 0. The molecule has 1 N–H and O–H groups in total. The van der Waals surface area contributed by atoms with Crippen LogP contribution in [0.4, 0.5) is 18.0 Å². The van der Waals surface area contributed by atoms with Crippen molar-refractivity contribution in [3.63, 3.8) is 0 Å². The van der Waals surface area contributed by atoms with E-state index < -0.39 is 12.5 Å². The Labute approximate surface area is 106 Å². The molecular formula is C12H10F3NO3. The molecule has 2 rings (SSSR count). The Morgan fingerprint density at radius 3 is 2.68 bits per heavy atom. The van der Waals surface area contributed by atoms with Crippen molar-refractivity contribution in [2.24, 2.45) is 0 Å². The molecule has 1 aliphatic heterocycles. The molecule has 0 aromatic heterocycles. The standard InChI is InChI=1S/C12H10F3NO3/c13-12(14,15)19-10-3-1-2-8(6-10)9-4-5-16(7-9)11(17)18/h1-4,6H,5,7H2,(H,17,18). The Morgan fingerprint density at radius 1 is 1.37 bits per heavy atom. The smallest absolute Gasteiger partial charge is 0.465 e. The Hall–Kier alpha value is -2.18. The number of benzene rings is 1. The number of nitrogens with zero attached hydrogens (tertiary/aromatic N) is 1. The minimum absolute atomic E-state index is 0.158. The monoisotopic (exact) mass is 273 g/mol. The number of amides is 1. The van der Waals surface area contributed by atoms with Crippen molar-refractivity contribution < 1.29 is 27.8 Å². The van der Waals surface area contributed by atoms with Crippen molar-refractivity contribution in [2.45, 2.75) is 6.36 Å². The summed E-state index contributed by atoms with van der Waals surface area (Å²) in [6.07, 6.45) is -4.13. The highest BCUT2D eigenvalue weighted by molar-refractivity contribution is 5.76. The highest BCUT2D eigenvalue weighted by atomic mass is 19.4. The lowest BCUT2D eigenvalue weighted by atomic mass is 10.1. The first-order valence-electron chi connectivity index (χ1n) is 5.38. The first-order chi connectivity index (χ1) is 8.85. The van der Waals surface area contributed by atoms with Crippen molar-refractivity contribution >= 4 is 11.7 Å². The van der Waals surface area contributed by atoms with Gasteiger partial charge in [-0.1, -0.05) is 18.2 Å². The Kier molecular flexibility index (Phi) is 3.37. The van der Waals surface area contributed by atoms with E-state index in [0.29, 0.717) is 11.1 Å². The average Bonchev–Trinajstić information content (AvgIpc) is 2.76. The number of ether oxygens (including phenoxy) is 1. The fourth-order valence-electron chi connectivity index (χ4n) is 1.80. The van der Waals surface area contributed by atoms with Gasteiger partial charge in [0.15, 0.2) is 0 Å². The molecule has 7 heteroatoms. The average molecular weight is 273 g/mol. The van der Waals surface area contributed by atoms with Crippen LogP contribution in [-0.4, -0.2) is 35.6 Å². The lowest BCUT2D eigenvalue weighted by Crippen LogP contribution is -2.26. The quantitative estimate of drug-likeness (QED) is 0.901. The number of hydrogen-bond acceptors (Lipinski definition) is 2. The van der Waals surface area contributed by atoms with Gasteiger partial charge in [0.05, 0.1) is 0 Å². The highest BCUT2D eigenvalue weighted by Gasteiger charge is 2.31. The van der Waals surface area contributed by atoms with E-state index in [1.165, 1.54) is 18.2 Å². The van der Waals surface area contributed by atoms with E-state index in [2.05, 4.69) is 4.74 Å². The number of halogens is 3. The maximum Gasteiger partial charge on any atom is 0.573 e. The van der Waals surface area contributed by atoms with Crippen LogP contribution in [-0.2, 0) is 0 Å². The topological polar surface area (TPSA) is 49.8 Å². The highest BCUT2D eigenvalue weighted by Crippen LogP contribution is 2.27. The molecule has 0 unspecified atom stereocenters. The predicted octanol–water partition coefficient (Wildman–Crippen LogP) is 2.96. The zero-order chi connectivity index (χ0) is 14.0. The van der Waals surface area contributed by atoms with Crippen molar-refractivity contribution in [2.75, 3.05) is 13.1 Å². The van der Waals surface area contributed by atoms with E-state index in [4.69, 9.17) is 5.11 Å². The lowest BCUT2D eigenvalue weighted by Gasteiger charge is -2.13. The lowest BCUT2D eigenvalue weighted by molar-refractivity contribution is -0.274. The van der Waals surface area contributed by atoms with Crippen LogP contribution in [0.5, 0.6) is 5.75 Å². The number of hydrogen-bond donors (Lipinski definition) is 1. The fraction of sp³-hybridized carbons (Fsp3) is 0.250. The molecule has 0 atom stereocenters. The van der Waals surface area contributed by atoms with E-state index in [0.717, 1.165) is 4.90 Å². The van der Waals surface area contributed by atoms with Gasteiger partial charge in [-0.15, -0.1) is 13.2 Å².